The number of amides is 1. The van der Waals surface area contributed by atoms with E-state index < -0.39 is 0 Å². The Morgan fingerprint density at radius 2 is 1.76 bits per heavy atom. The number of nitrogens with zero attached hydrogens (tertiary/aromatic N) is 7. The average molecular weight is 610 g/mol. The first kappa shape index (κ1) is 30.5. The van der Waals surface area contributed by atoms with E-state index in [1.54, 1.807) is 15.6 Å². The fourth-order valence-electron chi connectivity index (χ4n) is 6.28. The molecule has 236 valence electrons. The van der Waals surface area contributed by atoms with Gasteiger partial charge in [-0.3, -0.25) is 14.5 Å². The largest absolute Gasteiger partial charge is 0.382 e. The SMILES string of the molecule is CN1CCN(C)C(c2ccc(Nc3nc(N4CCCC(CC(=O)c5ccc(C(C)(C)C)cc5)C4)nn4c(N)cnc34)cc2)C1=O. The molecule has 4 aromatic rings. The lowest BCUT2D eigenvalue weighted by atomic mass is 9.85. The molecule has 11 nitrogen and oxygen atoms in total. The quantitative estimate of drug-likeness (QED) is 0.287. The minimum Gasteiger partial charge on any atom is -0.382 e. The van der Waals surface area contributed by atoms with Crippen LogP contribution >= 0.6 is 0 Å². The summed E-state index contributed by atoms with van der Waals surface area (Å²) in [7, 11) is 3.83. The first-order valence-electron chi connectivity index (χ1n) is 15.7. The second-order valence-electron chi connectivity index (χ2n) is 13.5. The van der Waals surface area contributed by atoms with Crippen molar-refractivity contribution in [2.24, 2.45) is 5.92 Å². The van der Waals surface area contributed by atoms with E-state index in [9.17, 15) is 9.59 Å². The van der Waals surface area contributed by atoms with Gasteiger partial charge >= 0.3 is 0 Å². The van der Waals surface area contributed by atoms with E-state index in [0.29, 0.717) is 36.2 Å². The lowest BCUT2D eigenvalue weighted by molar-refractivity contribution is -0.139. The number of hydrogen-bond donors (Lipinski definition) is 2. The van der Waals surface area contributed by atoms with Crippen molar-refractivity contribution < 1.29 is 9.59 Å². The van der Waals surface area contributed by atoms with Crippen LogP contribution in [0.1, 0.15) is 67.6 Å². The Morgan fingerprint density at radius 3 is 2.47 bits per heavy atom. The van der Waals surface area contributed by atoms with Crippen LogP contribution in [0.25, 0.3) is 5.65 Å². The van der Waals surface area contributed by atoms with Crippen LogP contribution in [0.3, 0.4) is 0 Å². The molecule has 3 N–H and O–H groups in total. The monoisotopic (exact) mass is 609 g/mol. The summed E-state index contributed by atoms with van der Waals surface area (Å²) in [6.07, 6.45) is 3.97. The number of carbonyl (C=O) groups is 2. The molecule has 0 spiro atoms. The highest BCUT2D eigenvalue weighted by Crippen LogP contribution is 2.30. The van der Waals surface area contributed by atoms with Crippen molar-refractivity contribution in [3.05, 3.63) is 71.4 Å². The van der Waals surface area contributed by atoms with Gasteiger partial charge in [0.15, 0.2) is 17.2 Å². The van der Waals surface area contributed by atoms with Crippen LogP contribution in [0.5, 0.6) is 0 Å². The zero-order valence-corrected chi connectivity index (χ0v) is 26.8. The predicted molar refractivity (Wildman–Crippen MR) is 177 cm³/mol. The first-order valence-corrected chi connectivity index (χ1v) is 15.7. The second-order valence-corrected chi connectivity index (χ2v) is 13.5. The van der Waals surface area contributed by atoms with E-state index in [0.717, 1.165) is 49.3 Å². The molecule has 2 aliphatic heterocycles. The third-order valence-corrected chi connectivity index (χ3v) is 9.05. The third kappa shape index (κ3) is 6.35. The zero-order chi connectivity index (χ0) is 31.9. The van der Waals surface area contributed by atoms with Crippen molar-refractivity contribution in [3.8, 4) is 0 Å². The van der Waals surface area contributed by atoms with E-state index in [2.05, 4.69) is 53.0 Å². The number of Topliss-reactive ketones (excluding diaryl/α,β-unsaturated/α-hetero) is 1. The lowest BCUT2D eigenvalue weighted by Crippen LogP contribution is -2.48. The van der Waals surface area contributed by atoms with Gasteiger partial charge in [0.2, 0.25) is 11.9 Å². The van der Waals surface area contributed by atoms with Gasteiger partial charge in [0.05, 0.1) is 6.20 Å². The molecule has 0 saturated carbocycles. The number of likely N-dealkylation sites (N-methyl/N-ethyl adjacent to an activating group) is 2. The highest BCUT2D eigenvalue weighted by atomic mass is 16.2. The van der Waals surface area contributed by atoms with E-state index in [1.165, 1.54) is 5.56 Å². The summed E-state index contributed by atoms with van der Waals surface area (Å²) in [5.74, 6) is 1.94. The number of benzene rings is 2. The number of anilines is 4. The predicted octanol–water partition coefficient (Wildman–Crippen LogP) is 4.68. The zero-order valence-electron chi connectivity index (χ0n) is 26.8. The molecule has 4 heterocycles. The summed E-state index contributed by atoms with van der Waals surface area (Å²) in [6.45, 7) is 9.54. The number of imidazole rings is 1. The Bertz CT molecular complexity index is 1690. The standard InChI is InChI=1S/C34H43N9O2/c1-34(2,3)25-12-8-23(9-13-25)27(44)19-22-7-6-16-42(21-22)33-38-30(31-36-20-28(35)43(31)39-33)37-26-14-10-24(11-15-26)29-32(45)41(5)18-17-40(29)4/h8-15,20,22,29H,6-7,16-19,21,35H2,1-5H3,(H,37,38,39). The number of piperazine rings is 1. The molecule has 2 aliphatic rings. The Morgan fingerprint density at radius 1 is 1.02 bits per heavy atom. The molecule has 1 amide bonds. The smallest absolute Gasteiger partial charge is 0.245 e. The number of ketones is 1. The Balaban J connectivity index is 1.19. The number of piperidine rings is 1. The topological polar surface area (TPSA) is 125 Å². The van der Waals surface area contributed by atoms with E-state index in [1.807, 2.05) is 50.5 Å². The Hall–Kier alpha value is -4.51. The first-order chi connectivity index (χ1) is 21.5. The molecule has 2 aromatic carbocycles. The Kier molecular flexibility index (Phi) is 8.22. The molecule has 2 unspecified atom stereocenters. The average Bonchev–Trinajstić information content (AvgIpc) is 3.40. The molecule has 2 fully saturated rings. The Labute approximate surface area is 264 Å². The highest BCUT2D eigenvalue weighted by Gasteiger charge is 2.32. The third-order valence-electron chi connectivity index (χ3n) is 9.05. The fourth-order valence-corrected chi connectivity index (χ4v) is 6.28. The summed E-state index contributed by atoms with van der Waals surface area (Å²) in [5, 5.41) is 8.14. The van der Waals surface area contributed by atoms with E-state index in [4.69, 9.17) is 15.8 Å². The molecule has 0 bridgehead atoms. The van der Waals surface area contributed by atoms with Gasteiger partial charge in [0.1, 0.15) is 11.9 Å². The molecule has 45 heavy (non-hydrogen) atoms. The van der Waals surface area contributed by atoms with Gasteiger partial charge in [0.25, 0.3) is 0 Å². The molecular formula is C34H43N9O2. The van der Waals surface area contributed by atoms with Gasteiger partial charge in [-0.15, -0.1) is 5.10 Å². The number of rotatable bonds is 7. The molecule has 2 atom stereocenters. The number of nitrogens with one attached hydrogen (secondary N) is 1. The fraction of sp³-hybridized carbons (Fsp3) is 0.441. The van der Waals surface area contributed by atoms with Crippen LogP contribution in [0.4, 0.5) is 23.3 Å². The number of aromatic nitrogens is 4. The summed E-state index contributed by atoms with van der Waals surface area (Å²) in [6, 6.07) is 15.6. The maximum atomic E-state index is 13.2. The highest BCUT2D eigenvalue weighted by molar-refractivity contribution is 5.96. The molecule has 2 saturated heterocycles. The van der Waals surface area contributed by atoms with Crippen LogP contribution in [0, 0.1) is 5.92 Å². The van der Waals surface area contributed by atoms with Crippen molar-refractivity contribution >= 4 is 40.6 Å². The van der Waals surface area contributed by atoms with Crippen LogP contribution in [-0.2, 0) is 10.2 Å². The van der Waals surface area contributed by atoms with Gasteiger partial charge in [-0.25, -0.2) is 4.98 Å². The molecule has 0 radical (unpaired) electrons. The van der Waals surface area contributed by atoms with Crippen molar-refractivity contribution in [1.29, 1.82) is 0 Å². The molecule has 11 heteroatoms. The van der Waals surface area contributed by atoms with Gasteiger partial charge in [0, 0.05) is 50.9 Å². The summed E-state index contributed by atoms with van der Waals surface area (Å²) < 4.78 is 1.61. The van der Waals surface area contributed by atoms with Crippen molar-refractivity contribution in [2.45, 2.75) is 51.5 Å². The number of hydrogen-bond acceptors (Lipinski definition) is 9. The van der Waals surface area contributed by atoms with Crippen molar-refractivity contribution in [3.63, 3.8) is 0 Å². The van der Waals surface area contributed by atoms with Crippen LogP contribution in [0.2, 0.25) is 0 Å². The normalized spacial score (nSPS) is 19.7. The second kappa shape index (κ2) is 12.1. The summed E-state index contributed by atoms with van der Waals surface area (Å²) in [4.78, 5) is 41.4. The molecular weight excluding hydrogens is 566 g/mol. The number of fused-ring (bicyclic) bond motifs is 1. The van der Waals surface area contributed by atoms with E-state index >= 15 is 0 Å². The van der Waals surface area contributed by atoms with Crippen molar-refractivity contribution in [1.82, 2.24) is 29.4 Å². The van der Waals surface area contributed by atoms with Crippen LogP contribution in [-0.4, -0.2) is 81.3 Å². The minimum absolute atomic E-state index is 0.0477. The van der Waals surface area contributed by atoms with Gasteiger partial charge in [-0.1, -0.05) is 57.2 Å². The molecule has 2 aromatic heterocycles. The van der Waals surface area contributed by atoms with Gasteiger partial charge < -0.3 is 20.9 Å². The molecule has 0 aliphatic carbocycles. The maximum absolute atomic E-state index is 13.2. The number of nitrogens with two attached hydrogens (primary N) is 1. The van der Waals surface area contributed by atoms with E-state index in [-0.39, 0.29) is 29.1 Å². The summed E-state index contributed by atoms with van der Waals surface area (Å²) >= 11 is 0. The van der Waals surface area contributed by atoms with Gasteiger partial charge in [-0.2, -0.15) is 9.50 Å². The summed E-state index contributed by atoms with van der Waals surface area (Å²) in [5.41, 5.74) is 10.5. The number of nitrogen functional groups attached to an aromatic ring is 1. The lowest BCUT2D eigenvalue weighted by Gasteiger charge is -2.37. The number of carbonyl (C=O) groups excluding carboxylic acids is 2. The van der Waals surface area contributed by atoms with Crippen LogP contribution < -0.4 is 16.0 Å². The minimum atomic E-state index is -0.302. The van der Waals surface area contributed by atoms with Crippen molar-refractivity contribution in [2.75, 3.05) is 56.2 Å². The van der Waals surface area contributed by atoms with Crippen LogP contribution in [0.15, 0.2) is 54.7 Å². The maximum Gasteiger partial charge on any atom is 0.245 e. The van der Waals surface area contributed by atoms with Gasteiger partial charge in [-0.05, 0) is 54.5 Å². The molecule has 6 rings (SSSR count).